The van der Waals surface area contributed by atoms with Crippen LogP contribution in [0, 0.1) is 0 Å². The molecule has 1 atom stereocenters. The number of nitrogens with zero attached hydrogens (tertiary/aromatic N) is 1. The molecule has 0 aliphatic rings. The minimum atomic E-state index is -0.172. The first-order valence-electron chi connectivity index (χ1n) is 6.22. The zero-order valence-corrected chi connectivity index (χ0v) is 11.8. The zero-order chi connectivity index (χ0) is 14.4. The van der Waals surface area contributed by atoms with E-state index in [0.29, 0.717) is 11.8 Å². The molecule has 2 rings (SSSR count). The highest BCUT2D eigenvalue weighted by Crippen LogP contribution is 2.30. The fourth-order valence-corrected chi connectivity index (χ4v) is 2.01. The second-order valence-corrected chi connectivity index (χ2v) is 4.12. The monoisotopic (exact) mass is 274 g/mol. The van der Waals surface area contributed by atoms with Crippen LogP contribution in [0.25, 0.3) is 0 Å². The van der Waals surface area contributed by atoms with E-state index in [-0.39, 0.29) is 6.04 Å². The van der Waals surface area contributed by atoms with Gasteiger partial charge in [-0.15, -0.1) is 0 Å². The van der Waals surface area contributed by atoms with Gasteiger partial charge in [0.2, 0.25) is 11.8 Å². The van der Waals surface area contributed by atoms with Gasteiger partial charge in [-0.2, -0.15) is 10.5 Å². The van der Waals surface area contributed by atoms with E-state index < -0.39 is 0 Å². The Balaban J connectivity index is 2.44. The fraction of sp³-hybridized carbons (Fsp3) is 0.267. The lowest BCUT2D eigenvalue weighted by molar-refractivity contribution is 0.0707. The van der Waals surface area contributed by atoms with E-state index in [1.807, 2.05) is 36.4 Å². The summed E-state index contributed by atoms with van der Waals surface area (Å²) in [6.45, 7) is 0. The Bertz CT molecular complexity index is 546. The van der Waals surface area contributed by atoms with Gasteiger partial charge in [-0.1, -0.05) is 30.3 Å². The summed E-state index contributed by atoms with van der Waals surface area (Å²) in [6, 6.07) is 13.5. The highest BCUT2D eigenvalue weighted by molar-refractivity contribution is 5.39. The van der Waals surface area contributed by atoms with E-state index in [9.17, 15) is 0 Å². The van der Waals surface area contributed by atoms with Crippen LogP contribution in [0.15, 0.2) is 42.5 Å². The van der Waals surface area contributed by atoms with Crippen molar-refractivity contribution in [3.05, 3.63) is 53.6 Å². The first kappa shape index (κ1) is 14.3. The number of benzene rings is 1. The summed E-state index contributed by atoms with van der Waals surface area (Å²) >= 11 is 0. The molecule has 1 aromatic heterocycles. The highest BCUT2D eigenvalue weighted by atomic mass is 16.6. The lowest BCUT2D eigenvalue weighted by atomic mass is 10.0. The second-order valence-electron chi connectivity index (χ2n) is 4.12. The molecular formula is C15H18N2O3. The number of ether oxygens (including phenoxy) is 2. The summed E-state index contributed by atoms with van der Waals surface area (Å²) in [5.74, 6) is 1.01. The van der Waals surface area contributed by atoms with Gasteiger partial charge in [0.25, 0.3) is 0 Å². The van der Waals surface area contributed by atoms with Crippen LogP contribution in [0.1, 0.15) is 17.2 Å². The predicted molar refractivity (Wildman–Crippen MR) is 75.8 cm³/mol. The molecule has 0 radical (unpaired) electrons. The second kappa shape index (κ2) is 6.88. The Morgan fingerprint density at radius 1 is 0.950 bits per heavy atom. The molecule has 5 nitrogen and oxygen atoms in total. The van der Waals surface area contributed by atoms with Crippen molar-refractivity contribution in [1.29, 1.82) is 0 Å². The predicted octanol–water partition coefficient (Wildman–Crippen LogP) is 2.34. The van der Waals surface area contributed by atoms with Gasteiger partial charge in [0, 0.05) is 11.6 Å². The van der Waals surface area contributed by atoms with Crippen molar-refractivity contribution in [2.75, 3.05) is 21.3 Å². The van der Waals surface area contributed by atoms with Gasteiger partial charge in [0.1, 0.15) is 0 Å². The molecule has 1 unspecified atom stereocenters. The lowest BCUT2D eigenvalue weighted by Gasteiger charge is -2.20. The summed E-state index contributed by atoms with van der Waals surface area (Å²) in [4.78, 5) is 9.40. The van der Waals surface area contributed by atoms with Crippen LogP contribution in [-0.4, -0.2) is 26.3 Å². The third-order valence-electron chi connectivity index (χ3n) is 2.95. The number of aromatic nitrogens is 1. The molecule has 0 spiro atoms. The van der Waals surface area contributed by atoms with Gasteiger partial charge in [0.15, 0.2) is 0 Å². The molecule has 0 saturated heterocycles. The standard InChI is InChI=1S/C15H18N2O3/c1-18-13-10-9-12(15(16-13)19-2)14(17-20-3)11-7-5-4-6-8-11/h4-10,14,17H,1-3H3. The van der Waals surface area contributed by atoms with Gasteiger partial charge in [-0.05, 0) is 11.6 Å². The molecule has 0 aliphatic carbocycles. The largest absolute Gasteiger partial charge is 0.481 e. The summed E-state index contributed by atoms with van der Waals surface area (Å²) in [7, 11) is 4.74. The molecule has 1 heterocycles. The summed E-state index contributed by atoms with van der Waals surface area (Å²) in [6.07, 6.45) is 0. The number of rotatable bonds is 6. The van der Waals surface area contributed by atoms with Gasteiger partial charge in [0.05, 0.1) is 27.4 Å². The van der Waals surface area contributed by atoms with Gasteiger partial charge in [-0.3, -0.25) is 0 Å². The van der Waals surface area contributed by atoms with E-state index in [4.69, 9.17) is 14.3 Å². The average molecular weight is 274 g/mol. The minimum absolute atomic E-state index is 0.172. The molecule has 0 bridgehead atoms. The number of pyridine rings is 1. The fourth-order valence-electron chi connectivity index (χ4n) is 2.01. The third kappa shape index (κ3) is 3.07. The van der Waals surface area contributed by atoms with Crippen LogP contribution in [0.3, 0.4) is 0 Å². The molecule has 5 heteroatoms. The quantitative estimate of drug-likeness (QED) is 0.819. The summed E-state index contributed by atoms with van der Waals surface area (Å²) in [5, 5.41) is 0. The first-order valence-corrected chi connectivity index (χ1v) is 6.22. The van der Waals surface area contributed by atoms with Crippen molar-refractivity contribution < 1.29 is 14.3 Å². The van der Waals surface area contributed by atoms with Crippen LogP contribution >= 0.6 is 0 Å². The van der Waals surface area contributed by atoms with Crippen molar-refractivity contribution in [3.8, 4) is 11.8 Å². The first-order chi connectivity index (χ1) is 9.80. The van der Waals surface area contributed by atoms with E-state index in [0.717, 1.165) is 11.1 Å². The highest BCUT2D eigenvalue weighted by Gasteiger charge is 2.19. The molecule has 1 N–H and O–H groups in total. The SMILES string of the molecule is CONC(c1ccccc1)c1ccc(OC)nc1OC. The van der Waals surface area contributed by atoms with Crippen LogP contribution in [0.4, 0.5) is 0 Å². The Morgan fingerprint density at radius 3 is 2.30 bits per heavy atom. The van der Waals surface area contributed by atoms with E-state index in [1.54, 1.807) is 27.4 Å². The Kier molecular flexibility index (Phi) is 4.92. The van der Waals surface area contributed by atoms with E-state index >= 15 is 0 Å². The van der Waals surface area contributed by atoms with Gasteiger partial charge in [-0.25, -0.2) is 0 Å². The third-order valence-corrected chi connectivity index (χ3v) is 2.95. The summed E-state index contributed by atoms with van der Waals surface area (Å²) < 4.78 is 10.5. The Morgan fingerprint density at radius 2 is 1.70 bits per heavy atom. The molecule has 0 fully saturated rings. The van der Waals surface area contributed by atoms with E-state index in [1.165, 1.54) is 0 Å². The van der Waals surface area contributed by atoms with Crippen LogP contribution in [0.5, 0.6) is 11.8 Å². The number of nitrogens with one attached hydrogen (secondary N) is 1. The maximum atomic E-state index is 5.35. The van der Waals surface area contributed by atoms with Crippen molar-refractivity contribution in [2.24, 2.45) is 0 Å². The Labute approximate surface area is 118 Å². The molecule has 0 saturated carbocycles. The maximum Gasteiger partial charge on any atom is 0.221 e. The molecule has 20 heavy (non-hydrogen) atoms. The molecule has 2 aromatic rings. The number of hydrogen-bond donors (Lipinski definition) is 1. The normalized spacial score (nSPS) is 11.9. The molecular weight excluding hydrogens is 256 g/mol. The number of hydrogen-bond acceptors (Lipinski definition) is 5. The number of hydroxylamine groups is 1. The molecule has 1 aromatic carbocycles. The van der Waals surface area contributed by atoms with Crippen LogP contribution in [-0.2, 0) is 4.84 Å². The minimum Gasteiger partial charge on any atom is -0.481 e. The van der Waals surface area contributed by atoms with Crippen LogP contribution in [0.2, 0.25) is 0 Å². The van der Waals surface area contributed by atoms with Crippen molar-refractivity contribution in [2.45, 2.75) is 6.04 Å². The van der Waals surface area contributed by atoms with Crippen molar-refractivity contribution in [3.63, 3.8) is 0 Å². The Hall–Kier alpha value is -2.11. The van der Waals surface area contributed by atoms with Gasteiger partial charge >= 0.3 is 0 Å². The molecule has 0 aliphatic heterocycles. The van der Waals surface area contributed by atoms with E-state index in [2.05, 4.69) is 10.5 Å². The number of methoxy groups -OCH3 is 2. The van der Waals surface area contributed by atoms with Crippen LogP contribution < -0.4 is 15.0 Å². The van der Waals surface area contributed by atoms with Crippen molar-refractivity contribution in [1.82, 2.24) is 10.5 Å². The lowest BCUT2D eigenvalue weighted by Crippen LogP contribution is -2.22. The maximum absolute atomic E-state index is 5.35. The van der Waals surface area contributed by atoms with Gasteiger partial charge < -0.3 is 14.3 Å². The smallest absolute Gasteiger partial charge is 0.221 e. The van der Waals surface area contributed by atoms with Crippen molar-refractivity contribution >= 4 is 0 Å². The zero-order valence-electron chi connectivity index (χ0n) is 11.8. The molecule has 0 amide bonds. The molecule has 106 valence electrons. The summed E-state index contributed by atoms with van der Waals surface area (Å²) in [5.41, 5.74) is 4.90. The average Bonchev–Trinajstić information content (AvgIpc) is 2.53. The topological polar surface area (TPSA) is 52.6 Å².